The molecule has 0 aliphatic carbocycles. The maximum atomic E-state index is 14.0. The van der Waals surface area contributed by atoms with Crippen molar-refractivity contribution in [1.29, 1.82) is 0 Å². The highest BCUT2D eigenvalue weighted by molar-refractivity contribution is 5.99. The maximum Gasteiger partial charge on any atom is 0.318 e. The molecule has 26 heavy (non-hydrogen) atoms. The summed E-state index contributed by atoms with van der Waals surface area (Å²) in [5.74, 6) is -2.32. The predicted molar refractivity (Wildman–Crippen MR) is 92.2 cm³/mol. The van der Waals surface area contributed by atoms with Crippen molar-refractivity contribution in [2.45, 2.75) is 31.7 Å². The van der Waals surface area contributed by atoms with Gasteiger partial charge in [0.15, 0.2) is 0 Å². The first-order valence-electron chi connectivity index (χ1n) is 8.81. The Morgan fingerprint density at radius 2 is 1.88 bits per heavy atom. The van der Waals surface area contributed by atoms with Gasteiger partial charge in [0.25, 0.3) is 0 Å². The number of benzene rings is 1. The van der Waals surface area contributed by atoms with Crippen molar-refractivity contribution in [1.82, 2.24) is 10.2 Å². The number of hydrogen-bond acceptors (Lipinski definition) is 3. The van der Waals surface area contributed by atoms with Crippen LogP contribution in [-0.2, 0) is 9.59 Å². The third kappa shape index (κ3) is 3.79. The molecule has 3 amide bonds. The summed E-state index contributed by atoms with van der Waals surface area (Å²) in [6.07, 6.45) is 2.28. The van der Waals surface area contributed by atoms with Gasteiger partial charge in [-0.2, -0.15) is 0 Å². The summed E-state index contributed by atoms with van der Waals surface area (Å²) in [6.45, 7) is 1.00. The Balaban J connectivity index is 1.66. The van der Waals surface area contributed by atoms with Gasteiger partial charge >= 0.3 is 12.0 Å². The van der Waals surface area contributed by atoms with Crippen LogP contribution in [0.1, 0.15) is 25.7 Å². The number of hydrogen-bond donors (Lipinski definition) is 2. The number of carbonyl (C=O) groups excluding carboxylic acids is 2. The van der Waals surface area contributed by atoms with Crippen LogP contribution in [0.5, 0.6) is 0 Å². The van der Waals surface area contributed by atoms with Crippen LogP contribution in [0.25, 0.3) is 0 Å². The SMILES string of the molecule is O=C(O)C1CCCN(C(=O)NC2CCCN(c3ccccc3F)C2=O)C1. The van der Waals surface area contributed by atoms with Crippen LogP contribution in [-0.4, -0.2) is 53.6 Å². The highest BCUT2D eigenvalue weighted by Gasteiger charge is 2.34. The summed E-state index contributed by atoms with van der Waals surface area (Å²) in [5.41, 5.74) is 0.209. The lowest BCUT2D eigenvalue weighted by molar-refractivity contribution is -0.143. The Morgan fingerprint density at radius 1 is 1.15 bits per heavy atom. The van der Waals surface area contributed by atoms with Crippen molar-refractivity contribution in [2.24, 2.45) is 5.92 Å². The zero-order valence-electron chi connectivity index (χ0n) is 14.4. The van der Waals surface area contributed by atoms with Crippen LogP contribution >= 0.6 is 0 Å². The summed E-state index contributed by atoms with van der Waals surface area (Å²) >= 11 is 0. The molecule has 2 heterocycles. The molecule has 2 saturated heterocycles. The lowest BCUT2D eigenvalue weighted by atomic mass is 9.98. The largest absolute Gasteiger partial charge is 0.481 e. The van der Waals surface area contributed by atoms with Crippen molar-refractivity contribution in [3.8, 4) is 0 Å². The Morgan fingerprint density at radius 3 is 2.62 bits per heavy atom. The van der Waals surface area contributed by atoms with Crippen molar-refractivity contribution in [2.75, 3.05) is 24.5 Å². The average molecular weight is 363 g/mol. The van der Waals surface area contributed by atoms with E-state index in [0.717, 1.165) is 0 Å². The number of rotatable bonds is 3. The zero-order chi connectivity index (χ0) is 18.7. The molecule has 2 fully saturated rings. The molecular weight excluding hydrogens is 341 g/mol. The van der Waals surface area contributed by atoms with Gasteiger partial charge in [0.1, 0.15) is 11.9 Å². The van der Waals surface area contributed by atoms with E-state index in [-0.39, 0.29) is 18.1 Å². The molecular formula is C18H22FN3O4. The van der Waals surface area contributed by atoms with E-state index in [2.05, 4.69) is 5.32 Å². The molecule has 2 aliphatic heterocycles. The monoisotopic (exact) mass is 363 g/mol. The molecule has 1 aromatic carbocycles. The van der Waals surface area contributed by atoms with Gasteiger partial charge in [-0.3, -0.25) is 9.59 Å². The van der Waals surface area contributed by atoms with Gasteiger partial charge in [-0.25, -0.2) is 9.18 Å². The highest BCUT2D eigenvalue weighted by Crippen LogP contribution is 2.24. The molecule has 8 heteroatoms. The fraction of sp³-hybridized carbons (Fsp3) is 0.500. The molecule has 0 aromatic heterocycles. The third-order valence-electron chi connectivity index (χ3n) is 4.94. The molecule has 0 bridgehead atoms. The quantitative estimate of drug-likeness (QED) is 0.857. The van der Waals surface area contributed by atoms with Gasteiger partial charge in [0.2, 0.25) is 5.91 Å². The third-order valence-corrected chi connectivity index (χ3v) is 4.94. The Kier molecular flexibility index (Phi) is 5.39. The summed E-state index contributed by atoms with van der Waals surface area (Å²) in [5, 5.41) is 11.8. The summed E-state index contributed by atoms with van der Waals surface area (Å²) in [4.78, 5) is 39.1. The van der Waals surface area contributed by atoms with Crippen LogP contribution < -0.4 is 10.2 Å². The minimum Gasteiger partial charge on any atom is -0.481 e. The number of likely N-dealkylation sites (tertiary alicyclic amines) is 1. The van der Waals surface area contributed by atoms with Crippen molar-refractivity contribution < 1.29 is 23.9 Å². The van der Waals surface area contributed by atoms with Crippen LogP contribution in [0, 0.1) is 11.7 Å². The second-order valence-electron chi connectivity index (χ2n) is 6.71. The van der Waals surface area contributed by atoms with Gasteiger partial charge in [-0.15, -0.1) is 0 Å². The maximum absolute atomic E-state index is 14.0. The molecule has 0 spiro atoms. The number of amides is 3. The highest BCUT2D eigenvalue weighted by atomic mass is 19.1. The number of carboxylic acid groups (broad SMARTS) is 1. The van der Waals surface area contributed by atoms with E-state index in [4.69, 9.17) is 5.11 Å². The second-order valence-corrected chi connectivity index (χ2v) is 6.71. The van der Waals surface area contributed by atoms with Gasteiger partial charge in [0, 0.05) is 19.6 Å². The van der Waals surface area contributed by atoms with Crippen LogP contribution in [0.2, 0.25) is 0 Å². The summed E-state index contributed by atoms with van der Waals surface area (Å²) in [6, 6.07) is 4.88. The fourth-order valence-electron chi connectivity index (χ4n) is 3.52. The van der Waals surface area contributed by atoms with Gasteiger partial charge in [0.05, 0.1) is 11.6 Å². The molecule has 2 atom stereocenters. The van der Waals surface area contributed by atoms with Gasteiger partial charge < -0.3 is 20.2 Å². The Labute approximate surface area is 150 Å². The topological polar surface area (TPSA) is 89.9 Å². The Hall–Kier alpha value is -2.64. The molecule has 0 radical (unpaired) electrons. The normalized spacial score (nSPS) is 23.7. The lowest BCUT2D eigenvalue weighted by Gasteiger charge is -2.35. The standard InChI is InChI=1S/C18H22FN3O4/c19-13-6-1-2-8-15(13)22-10-4-7-14(16(22)23)20-18(26)21-9-3-5-12(11-21)17(24)25/h1-2,6,8,12,14H,3-5,7,9-11H2,(H,20,26)(H,24,25). The minimum atomic E-state index is -0.915. The number of carbonyl (C=O) groups is 3. The van der Waals surface area contributed by atoms with E-state index < -0.39 is 29.8 Å². The first-order valence-corrected chi connectivity index (χ1v) is 8.81. The minimum absolute atomic E-state index is 0.138. The van der Waals surface area contributed by atoms with Crippen LogP contribution in [0.4, 0.5) is 14.9 Å². The second kappa shape index (κ2) is 7.72. The van der Waals surface area contributed by atoms with Crippen molar-refractivity contribution in [3.63, 3.8) is 0 Å². The molecule has 0 saturated carbocycles. The lowest BCUT2D eigenvalue weighted by Crippen LogP contribution is -2.56. The number of anilines is 1. The number of piperidine rings is 2. The number of urea groups is 1. The zero-order valence-corrected chi connectivity index (χ0v) is 14.4. The first-order chi connectivity index (χ1) is 12.5. The molecule has 2 aliphatic rings. The number of nitrogens with zero attached hydrogens (tertiary/aromatic N) is 2. The van der Waals surface area contributed by atoms with Gasteiger partial charge in [-0.1, -0.05) is 12.1 Å². The van der Waals surface area contributed by atoms with E-state index >= 15 is 0 Å². The van der Waals surface area contributed by atoms with E-state index in [1.807, 2.05) is 0 Å². The predicted octanol–water partition coefficient (Wildman–Crippen LogP) is 1.83. The molecule has 140 valence electrons. The first kappa shape index (κ1) is 18.2. The van der Waals surface area contributed by atoms with Crippen LogP contribution in [0.3, 0.4) is 0 Å². The summed E-state index contributed by atoms with van der Waals surface area (Å²) < 4.78 is 14.0. The molecule has 1 aromatic rings. The van der Waals surface area contributed by atoms with E-state index in [1.165, 1.54) is 15.9 Å². The molecule has 2 N–H and O–H groups in total. The number of para-hydroxylation sites is 1. The van der Waals surface area contributed by atoms with E-state index in [1.54, 1.807) is 18.2 Å². The fourth-order valence-corrected chi connectivity index (χ4v) is 3.52. The number of halogens is 1. The summed E-state index contributed by atoms with van der Waals surface area (Å²) in [7, 11) is 0. The Bertz CT molecular complexity index is 711. The van der Waals surface area contributed by atoms with E-state index in [9.17, 15) is 18.8 Å². The number of carboxylic acids is 1. The molecule has 3 rings (SSSR count). The van der Waals surface area contributed by atoms with Gasteiger partial charge in [-0.05, 0) is 37.8 Å². The van der Waals surface area contributed by atoms with Crippen LogP contribution in [0.15, 0.2) is 24.3 Å². The molecule has 7 nitrogen and oxygen atoms in total. The average Bonchev–Trinajstić information content (AvgIpc) is 2.64. The van der Waals surface area contributed by atoms with E-state index in [0.29, 0.717) is 38.8 Å². The smallest absolute Gasteiger partial charge is 0.318 e. The van der Waals surface area contributed by atoms with Crippen molar-refractivity contribution in [3.05, 3.63) is 30.1 Å². The molecule has 2 unspecified atom stereocenters. The number of nitrogens with one attached hydrogen (secondary N) is 1. The number of aliphatic carboxylic acids is 1. The van der Waals surface area contributed by atoms with Crippen molar-refractivity contribution >= 4 is 23.6 Å².